The van der Waals surface area contributed by atoms with Crippen molar-refractivity contribution in [2.45, 2.75) is 37.8 Å². The Balaban J connectivity index is 2.17. The molecule has 0 spiro atoms. The lowest BCUT2D eigenvalue weighted by Gasteiger charge is -2.15. The molecule has 0 bridgehead atoms. The quantitative estimate of drug-likeness (QED) is 0.785. The Labute approximate surface area is 130 Å². The summed E-state index contributed by atoms with van der Waals surface area (Å²) in [6.45, 7) is 6.73. The van der Waals surface area contributed by atoms with Crippen molar-refractivity contribution in [1.82, 2.24) is 10.3 Å². The van der Waals surface area contributed by atoms with Crippen molar-refractivity contribution in [2.24, 2.45) is 0 Å². The maximum Gasteiger partial charge on any atom is 0.256 e. The summed E-state index contributed by atoms with van der Waals surface area (Å²) >= 11 is 1.58. The van der Waals surface area contributed by atoms with Crippen LogP contribution in [0.15, 0.2) is 34.1 Å². The molecule has 1 heterocycles. The van der Waals surface area contributed by atoms with Gasteiger partial charge < -0.3 is 14.5 Å². The number of nitrogens with one attached hydrogen (secondary N) is 1. The van der Waals surface area contributed by atoms with Gasteiger partial charge in [0.2, 0.25) is 0 Å². The second-order valence-corrected chi connectivity index (χ2v) is 5.78. The Morgan fingerprint density at radius 3 is 2.86 bits per heavy atom. The first-order chi connectivity index (χ1) is 10.1. The van der Waals surface area contributed by atoms with E-state index in [0.717, 1.165) is 22.8 Å². The van der Waals surface area contributed by atoms with Crippen LogP contribution >= 0.6 is 11.8 Å². The topological polar surface area (TPSA) is 47.3 Å². The van der Waals surface area contributed by atoms with Crippen LogP contribution in [0.5, 0.6) is 5.75 Å². The van der Waals surface area contributed by atoms with Crippen molar-refractivity contribution in [3.63, 3.8) is 0 Å². The Kier molecular flexibility index (Phi) is 5.70. The number of hydrogen-bond donors (Lipinski definition) is 1. The van der Waals surface area contributed by atoms with E-state index < -0.39 is 0 Å². The van der Waals surface area contributed by atoms with Gasteiger partial charge in [-0.15, -0.1) is 0 Å². The molecule has 5 heteroatoms. The van der Waals surface area contributed by atoms with Gasteiger partial charge in [0, 0.05) is 17.4 Å². The molecule has 0 saturated carbocycles. The SMILES string of the molecule is CCOc1ccc(C(C)NC)cc1CSc1nc(C)co1. The second kappa shape index (κ2) is 7.52. The van der Waals surface area contributed by atoms with Gasteiger partial charge in [0.15, 0.2) is 0 Å². The molecule has 1 aromatic carbocycles. The number of aryl methyl sites for hydroxylation is 1. The fraction of sp³-hybridized carbons (Fsp3) is 0.438. The van der Waals surface area contributed by atoms with E-state index in [2.05, 4.69) is 29.4 Å². The summed E-state index contributed by atoms with van der Waals surface area (Å²) in [6.07, 6.45) is 1.67. The van der Waals surface area contributed by atoms with E-state index in [1.54, 1.807) is 18.0 Å². The van der Waals surface area contributed by atoms with E-state index in [4.69, 9.17) is 9.15 Å². The summed E-state index contributed by atoms with van der Waals surface area (Å²) in [6, 6.07) is 6.65. The van der Waals surface area contributed by atoms with E-state index in [1.165, 1.54) is 5.56 Å². The maximum atomic E-state index is 5.71. The van der Waals surface area contributed by atoms with E-state index in [-0.39, 0.29) is 0 Å². The van der Waals surface area contributed by atoms with Crippen LogP contribution in [-0.4, -0.2) is 18.6 Å². The predicted molar refractivity (Wildman–Crippen MR) is 85.9 cm³/mol. The number of rotatable bonds is 7. The molecule has 1 atom stereocenters. The average molecular weight is 306 g/mol. The predicted octanol–water partition coefficient (Wildman–Crippen LogP) is 3.95. The molecule has 2 aromatic rings. The smallest absolute Gasteiger partial charge is 0.256 e. The summed E-state index contributed by atoms with van der Waals surface area (Å²) in [5, 5.41) is 3.95. The minimum atomic E-state index is 0.313. The molecular formula is C16H22N2O2S. The lowest BCUT2D eigenvalue weighted by molar-refractivity contribution is 0.337. The van der Waals surface area contributed by atoms with Crippen LogP contribution in [0, 0.1) is 6.92 Å². The number of benzene rings is 1. The minimum Gasteiger partial charge on any atom is -0.494 e. The lowest BCUT2D eigenvalue weighted by atomic mass is 10.1. The molecular weight excluding hydrogens is 284 g/mol. The monoisotopic (exact) mass is 306 g/mol. The maximum absolute atomic E-state index is 5.71. The largest absolute Gasteiger partial charge is 0.494 e. The summed E-state index contributed by atoms with van der Waals surface area (Å²) in [4.78, 5) is 4.32. The second-order valence-electron chi connectivity index (χ2n) is 4.85. The highest BCUT2D eigenvalue weighted by molar-refractivity contribution is 7.98. The third-order valence-corrected chi connectivity index (χ3v) is 4.16. The van der Waals surface area contributed by atoms with E-state index >= 15 is 0 Å². The third kappa shape index (κ3) is 4.25. The van der Waals surface area contributed by atoms with Crippen molar-refractivity contribution >= 4 is 11.8 Å². The van der Waals surface area contributed by atoms with Crippen molar-refractivity contribution in [2.75, 3.05) is 13.7 Å². The molecule has 2 rings (SSSR count). The third-order valence-electron chi connectivity index (χ3n) is 3.27. The van der Waals surface area contributed by atoms with Crippen molar-refractivity contribution in [3.8, 4) is 5.75 Å². The van der Waals surface area contributed by atoms with Crippen LogP contribution in [0.4, 0.5) is 0 Å². The van der Waals surface area contributed by atoms with E-state index in [9.17, 15) is 0 Å². The summed E-state index contributed by atoms with van der Waals surface area (Å²) in [7, 11) is 1.96. The first kappa shape index (κ1) is 15.9. The van der Waals surface area contributed by atoms with Gasteiger partial charge in [-0.05, 0) is 45.5 Å². The Morgan fingerprint density at radius 2 is 2.24 bits per heavy atom. The van der Waals surface area contributed by atoms with Crippen LogP contribution in [0.3, 0.4) is 0 Å². The van der Waals surface area contributed by atoms with E-state index in [1.807, 2.05) is 27.0 Å². The minimum absolute atomic E-state index is 0.313. The highest BCUT2D eigenvalue weighted by atomic mass is 32.2. The van der Waals surface area contributed by atoms with E-state index in [0.29, 0.717) is 17.9 Å². The average Bonchev–Trinajstić information content (AvgIpc) is 2.91. The molecule has 0 aliphatic heterocycles. The van der Waals surface area contributed by atoms with Crippen LogP contribution in [0.1, 0.15) is 36.7 Å². The highest BCUT2D eigenvalue weighted by Crippen LogP contribution is 2.30. The van der Waals surface area contributed by atoms with Gasteiger partial charge in [-0.25, -0.2) is 4.98 Å². The summed E-state index contributed by atoms with van der Waals surface area (Å²) < 4.78 is 11.1. The zero-order valence-electron chi connectivity index (χ0n) is 13.0. The fourth-order valence-corrected chi connectivity index (χ4v) is 2.81. The summed E-state index contributed by atoms with van der Waals surface area (Å²) in [5.74, 6) is 1.71. The molecule has 0 radical (unpaired) electrons. The molecule has 114 valence electrons. The molecule has 0 aliphatic carbocycles. The zero-order chi connectivity index (χ0) is 15.2. The van der Waals surface area contributed by atoms with Gasteiger partial charge in [0.25, 0.3) is 5.22 Å². The Hall–Kier alpha value is -1.46. The Morgan fingerprint density at radius 1 is 1.43 bits per heavy atom. The van der Waals surface area contributed by atoms with Gasteiger partial charge in [0.05, 0.1) is 12.3 Å². The normalized spacial score (nSPS) is 12.4. The molecule has 1 N–H and O–H groups in total. The van der Waals surface area contributed by atoms with Gasteiger partial charge in [0.1, 0.15) is 12.0 Å². The zero-order valence-corrected chi connectivity index (χ0v) is 13.8. The number of thioether (sulfide) groups is 1. The van der Waals surface area contributed by atoms with Crippen LogP contribution in [0.2, 0.25) is 0 Å². The van der Waals surface area contributed by atoms with Crippen LogP contribution in [0.25, 0.3) is 0 Å². The number of ether oxygens (including phenoxy) is 1. The van der Waals surface area contributed by atoms with Gasteiger partial charge in [-0.2, -0.15) is 0 Å². The molecule has 0 amide bonds. The molecule has 1 aromatic heterocycles. The number of nitrogens with zero attached hydrogens (tertiary/aromatic N) is 1. The fourth-order valence-electron chi connectivity index (χ4n) is 1.98. The van der Waals surface area contributed by atoms with Crippen molar-refractivity contribution in [1.29, 1.82) is 0 Å². The Bertz CT molecular complexity index is 583. The highest BCUT2D eigenvalue weighted by Gasteiger charge is 2.11. The number of oxazole rings is 1. The van der Waals surface area contributed by atoms with Gasteiger partial charge in [-0.3, -0.25) is 0 Å². The molecule has 4 nitrogen and oxygen atoms in total. The number of aromatic nitrogens is 1. The molecule has 1 unspecified atom stereocenters. The molecule has 0 saturated heterocycles. The molecule has 21 heavy (non-hydrogen) atoms. The molecule has 0 aliphatic rings. The standard InChI is InChI=1S/C16H22N2O2S/c1-5-19-15-7-6-13(12(3)17-4)8-14(15)10-21-16-18-11(2)9-20-16/h6-9,12,17H,5,10H2,1-4H3. The first-order valence-electron chi connectivity index (χ1n) is 7.11. The van der Waals surface area contributed by atoms with Crippen molar-refractivity contribution < 1.29 is 9.15 Å². The van der Waals surface area contributed by atoms with Gasteiger partial charge in [-0.1, -0.05) is 17.8 Å². The van der Waals surface area contributed by atoms with Crippen LogP contribution < -0.4 is 10.1 Å². The first-order valence-corrected chi connectivity index (χ1v) is 8.10. The van der Waals surface area contributed by atoms with Crippen LogP contribution in [-0.2, 0) is 5.75 Å². The lowest BCUT2D eigenvalue weighted by Crippen LogP contribution is -2.12. The van der Waals surface area contributed by atoms with Gasteiger partial charge >= 0.3 is 0 Å². The van der Waals surface area contributed by atoms with Crippen molar-refractivity contribution in [3.05, 3.63) is 41.3 Å². The molecule has 0 fully saturated rings. The number of hydrogen-bond acceptors (Lipinski definition) is 5. The summed E-state index contributed by atoms with van der Waals surface area (Å²) in [5.41, 5.74) is 3.32.